The second-order valence-corrected chi connectivity index (χ2v) is 9.29. The molecule has 3 aromatic rings. The first-order chi connectivity index (χ1) is 16.5. The topological polar surface area (TPSA) is 63.5 Å². The normalized spacial score (nSPS) is 13.7. The van der Waals surface area contributed by atoms with Crippen LogP contribution in [0.1, 0.15) is 17.0 Å². The van der Waals surface area contributed by atoms with Crippen molar-refractivity contribution < 1.29 is 9.53 Å². The van der Waals surface area contributed by atoms with E-state index < -0.39 is 0 Å². The SMILES string of the molecule is C=CCn1c(COc2cc(C)ccc2C)nnc1SCC(=O)N1CCN(c2ccccc2)CC1. The van der Waals surface area contributed by atoms with E-state index in [-0.39, 0.29) is 5.91 Å². The molecule has 8 heteroatoms. The molecule has 0 N–H and O–H groups in total. The number of carbonyl (C=O) groups excluding carboxylic acids is 1. The van der Waals surface area contributed by atoms with Crippen molar-refractivity contribution in [2.75, 3.05) is 36.8 Å². The van der Waals surface area contributed by atoms with Crippen LogP contribution in [-0.4, -0.2) is 57.5 Å². The van der Waals surface area contributed by atoms with Gasteiger partial charge in [-0.3, -0.25) is 9.36 Å². The number of allylic oxidation sites excluding steroid dienone is 1. The Bertz CT molecular complexity index is 1120. The highest BCUT2D eigenvalue weighted by Crippen LogP contribution is 2.23. The number of thioether (sulfide) groups is 1. The van der Waals surface area contributed by atoms with E-state index in [9.17, 15) is 4.79 Å². The van der Waals surface area contributed by atoms with Crippen molar-refractivity contribution in [3.05, 3.63) is 78.1 Å². The van der Waals surface area contributed by atoms with E-state index in [1.165, 1.54) is 17.4 Å². The van der Waals surface area contributed by atoms with Gasteiger partial charge in [-0.25, -0.2) is 0 Å². The molecule has 0 bridgehead atoms. The van der Waals surface area contributed by atoms with Crippen LogP contribution in [0.5, 0.6) is 5.75 Å². The van der Waals surface area contributed by atoms with Gasteiger partial charge >= 0.3 is 0 Å². The van der Waals surface area contributed by atoms with E-state index in [0.29, 0.717) is 29.9 Å². The highest BCUT2D eigenvalue weighted by Gasteiger charge is 2.22. The molecule has 7 nitrogen and oxygen atoms in total. The lowest BCUT2D eigenvalue weighted by molar-refractivity contribution is -0.128. The number of benzene rings is 2. The summed E-state index contributed by atoms with van der Waals surface area (Å²) in [5.74, 6) is 2.01. The predicted octanol–water partition coefficient (Wildman–Crippen LogP) is 4.10. The number of hydrogen-bond donors (Lipinski definition) is 0. The van der Waals surface area contributed by atoms with Crippen molar-refractivity contribution in [1.29, 1.82) is 0 Å². The van der Waals surface area contributed by atoms with Crippen LogP contribution in [0.25, 0.3) is 0 Å². The summed E-state index contributed by atoms with van der Waals surface area (Å²) in [6.07, 6.45) is 1.81. The molecule has 1 amide bonds. The van der Waals surface area contributed by atoms with Gasteiger partial charge in [-0.05, 0) is 43.2 Å². The number of ether oxygens (including phenoxy) is 1. The van der Waals surface area contributed by atoms with Crippen LogP contribution in [0.3, 0.4) is 0 Å². The minimum Gasteiger partial charge on any atom is -0.485 e. The van der Waals surface area contributed by atoms with Crippen LogP contribution in [0.4, 0.5) is 5.69 Å². The molecule has 0 unspecified atom stereocenters. The average Bonchev–Trinajstić information content (AvgIpc) is 3.25. The quantitative estimate of drug-likeness (QED) is 0.342. The number of aromatic nitrogens is 3. The second-order valence-electron chi connectivity index (χ2n) is 8.35. The summed E-state index contributed by atoms with van der Waals surface area (Å²) in [6, 6.07) is 16.5. The number of nitrogens with zero attached hydrogens (tertiary/aromatic N) is 5. The summed E-state index contributed by atoms with van der Waals surface area (Å²) in [6.45, 7) is 11.9. The van der Waals surface area contributed by atoms with Gasteiger partial charge in [0.2, 0.25) is 5.91 Å². The fourth-order valence-corrected chi connectivity index (χ4v) is 4.79. The molecule has 0 atom stereocenters. The summed E-state index contributed by atoms with van der Waals surface area (Å²) < 4.78 is 7.99. The third kappa shape index (κ3) is 5.80. The first-order valence-electron chi connectivity index (χ1n) is 11.5. The Morgan fingerprint density at radius 1 is 1.09 bits per heavy atom. The third-order valence-electron chi connectivity index (χ3n) is 5.88. The Kier molecular flexibility index (Phi) is 7.90. The van der Waals surface area contributed by atoms with Crippen LogP contribution >= 0.6 is 11.8 Å². The van der Waals surface area contributed by atoms with Crippen LogP contribution in [0.15, 0.2) is 66.3 Å². The van der Waals surface area contributed by atoms with Gasteiger partial charge in [0.05, 0.1) is 5.75 Å². The molecule has 4 rings (SSSR count). The number of rotatable bonds is 9. The standard InChI is InChI=1S/C26H31N5O2S/c1-4-12-31-24(18-33-23-17-20(2)10-11-21(23)3)27-28-26(31)34-19-25(32)30-15-13-29(14-16-30)22-8-6-5-7-9-22/h4-11,17H,1,12-16,18-19H2,2-3H3. The highest BCUT2D eigenvalue weighted by molar-refractivity contribution is 7.99. The Hall–Kier alpha value is -3.26. The first kappa shape index (κ1) is 23.9. The van der Waals surface area contributed by atoms with Gasteiger partial charge < -0.3 is 14.5 Å². The Morgan fingerprint density at radius 3 is 2.59 bits per heavy atom. The third-order valence-corrected chi connectivity index (χ3v) is 6.84. The van der Waals surface area contributed by atoms with Gasteiger partial charge in [0.15, 0.2) is 11.0 Å². The summed E-state index contributed by atoms with van der Waals surface area (Å²) in [5, 5.41) is 9.35. The number of aryl methyl sites for hydroxylation is 2. The van der Waals surface area contributed by atoms with Crippen molar-refractivity contribution in [3.8, 4) is 5.75 Å². The highest BCUT2D eigenvalue weighted by atomic mass is 32.2. The van der Waals surface area contributed by atoms with E-state index in [4.69, 9.17) is 4.74 Å². The Labute approximate surface area is 205 Å². The summed E-state index contributed by atoms with van der Waals surface area (Å²) >= 11 is 1.42. The van der Waals surface area contributed by atoms with E-state index >= 15 is 0 Å². The zero-order valence-corrected chi connectivity index (χ0v) is 20.6. The molecule has 2 heterocycles. The maximum atomic E-state index is 12.9. The number of piperazine rings is 1. The van der Waals surface area contributed by atoms with Gasteiger partial charge in [-0.15, -0.1) is 16.8 Å². The smallest absolute Gasteiger partial charge is 0.233 e. The molecule has 178 valence electrons. The maximum absolute atomic E-state index is 12.9. The molecule has 1 fully saturated rings. The Balaban J connectivity index is 1.33. The fourth-order valence-electron chi connectivity index (χ4n) is 3.92. The zero-order chi connectivity index (χ0) is 23.9. The Morgan fingerprint density at radius 2 is 1.85 bits per heavy atom. The van der Waals surface area contributed by atoms with Crippen molar-refractivity contribution in [3.63, 3.8) is 0 Å². The average molecular weight is 478 g/mol. The second kappa shape index (κ2) is 11.2. The van der Waals surface area contributed by atoms with Crippen molar-refractivity contribution >= 4 is 23.4 Å². The van der Waals surface area contributed by atoms with Gasteiger partial charge in [-0.2, -0.15) is 0 Å². The van der Waals surface area contributed by atoms with Crippen LogP contribution in [0.2, 0.25) is 0 Å². The summed E-state index contributed by atoms with van der Waals surface area (Å²) in [5.41, 5.74) is 3.43. The number of amides is 1. The van der Waals surface area contributed by atoms with Crippen molar-refractivity contribution in [2.24, 2.45) is 0 Å². The summed E-state index contributed by atoms with van der Waals surface area (Å²) in [4.78, 5) is 17.1. The molecular formula is C26H31N5O2S. The van der Waals surface area contributed by atoms with Gasteiger partial charge in [0.25, 0.3) is 0 Å². The molecule has 34 heavy (non-hydrogen) atoms. The monoisotopic (exact) mass is 477 g/mol. The zero-order valence-electron chi connectivity index (χ0n) is 19.8. The van der Waals surface area contributed by atoms with Gasteiger partial charge in [0, 0.05) is 38.4 Å². The van der Waals surface area contributed by atoms with E-state index in [1.807, 2.05) is 53.6 Å². The number of para-hydroxylation sites is 1. The van der Waals surface area contributed by atoms with E-state index in [0.717, 1.165) is 43.1 Å². The summed E-state index contributed by atoms with van der Waals surface area (Å²) in [7, 11) is 0. The lowest BCUT2D eigenvalue weighted by Crippen LogP contribution is -2.49. The molecule has 2 aromatic carbocycles. The van der Waals surface area contributed by atoms with Crippen molar-refractivity contribution in [2.45, 2.75) is 32.2 Å². The first-order valence-corrected chi connectivity index (χ1v) is 12.5. The minimum atomic E-state index is 0.124. The van der Waals surface area contributed by atoms with Gasteiger partial charge in [-0.1, -0.05) is 48.2 Å². The predicted molar refractivity (Wildman–Crippen MR) is 136 cm³/mol. The molecule has 1 aliphatic heterocycles. The molecule has 0 radical (unpaired) electrons. The minimum absolute atomic E-state index is 0.124. The number of hydrogen-bond acceptors (Lipinski definition) is 6. The largest absolute Gasteiger partial charge is 0.485 e. The van der Waals surface area contributed by atoms with E-state index in [2.05, 4.69) is 39.9 Å². The lowest BCUT2D eigenvalue weighted by atomic mass is 10.1. The fraction of sp³-hybridized carbons (Fsp3) is 0.346. The van der Waals surface area contributed by atoms with E-state index in [1.54, 1.807) is 6.08 Å². The molecule has 1 aliphatic rings. The molecule has 0 spiro atoms. The molecular weight excluding hydrogens is 446 g/mol. The maximum Gasteiger partial charge on any atom is 0.233 e. The van der Waals surface area contributed by atoms with Crippen molar-refractivity contribution in [1.82, 2.24) is 19.7 Å². The van der Waals surface area contributed by atoms with Crippen LogP contribution in [-0.2, 0) is 17.9 Å². The van der Waals surface area contributed by atoms with Crippen LogP contribution in [0, 0.1) is 13.8 Å². The molecule has 1 aromatic heterocycles. The number of anilines is 1. The van der Waals surface area contributed by atoms with Crippen LogP contribution < -0.4 is 9.64 Å². The molecule has 0 saturated carbocycles. The molecule has 0 aliphatic carbocycles. The van der Waals surface area contributed by atoms with Gasteiger partial charge in [0.1, 0.15) is 12.4 Å². The molecule has 1 saturated heterocycles. The number of carbonyl (C=O) groups is 1. The lowest BCUT2D eigenvalue weighted by Gasteiger charge is -2.36.